The van der Waals surface area contributed by atoms with Gasteiger partial charge in [0.05, 0.1) is 6.61 Å². The third-order valence-corrected chi connectivity index (χ3v) is 1.75. The summed E-state index contributed by atoms with van der Waals surface area (Å²) in [5.74, 6) is 2.27. The number of nitrogens with zero attached hydrogens (tertiary/aromatic N) is 1. The van der Waals surface area contributed by atoms with Crippen molar-refractivity contribution in [3.05, 3.63) is 18.3 Å². The van der Waals surface area contributed by atoms with Crippen LogP contribution in [0.1, 0.15) is 20.8 Å². The molecule has 0 radical (unpaired) electrons. The van der Waals surface area contributed by atoms with Crippen molar-refractivity contribution in [2.24, 2.45) is 5.92 Å². The number of anilines is 1. The van der Waals surface area contributed by atoms with Crippen molar-refractivity contribution < 1.29 is 4.74 Å². The monoisotopic (exact) mass is 194 g/mol. The summed E-state index contributed by atoms with van der Waals surface area (Å²) in [6, 6.07) is 3.81. The highest BCUT2D eigenvalue weighted by atomic mass is 16.5. The lowest BCUT2D eigenvalue weighted by molar-refractivity contribution is 0.340. The molecule has 0 amide bonds. The van der Waals surface area contributed by atoms with Gasteiger partial charge in [-0.1, -0.05) is 13.8 Å². The number of ether oxygens (including phenoxy) is 1. The van der Waals surface area contributed by atoms with Crippen LogP contribution in [0.15, 0.2) is 18.3 Å². The summed E-state index contributed by atoms with van der Waals surface area (Å²) in [6.45, 7) is 7.88. The Labute approximate surface area is 85.5 Å². The first kappa shape index (κ1) is 10.8. The van der Waals surface area contributed by atoms with E-state index in [-0.39, 0.29) is 0 Å². The fraction of sp³-hybridized carbons (Fsp3) is 0.545. The molecule has 14 heavy (non-hydrogen) atoms. The van der Waals surface area contributed by atoms with Gasteiger partial charge >= 0.3 is 0 Å². The normalized spacial score (nSPS) is 10.3. The van der Waals surface area contributed by atoms with Gasteiger partial charge in [-0.25, -0.2) is 4.98 Å². The van der Waals surface area contributed by atoms with Gasteiger partial charge in [0.1, 0.15) is 0 Å². The fourth-order valence-corrected chi connectivity index (χ4v) is 1.10. The Balaban J connectivity index is 2.64. The molecule has 0 aromatic carbocycles. The average molecular weight is 194 g/mol. The zero-order chi connectivity index (χ0) is 10.4. The predicted octanol–water partition coefficient (Wildman–Crippen LogP) is 2.55. The highest BCUT2D eigenvalue weighted by molar-refractivity contribution is 5.49. The van der Waals surface area contributed by atoms with Crippen LogP contribution < -0.4 is 10.1 Å². The van der Waals surface area contributed by atoms with Gasteiger partial charge in [0.2, 0.25) is 0 Å². The topological polar surface area (TPSA) is 34.1 Å². The van der Waals surface area contributed by atoms with Crippen LogP contribution in [0, 0.1) is 5.92 Å². The first-order valence-corrected chi connectivity index (χ1v) is 5.05. The Morgan fingerprint density at radius 3 is 2.93 bits per heavy atom. The van der Waals surface area contributed by atoms with Crippen LogP contribution in [0.25, 0.3) is 0 Å². The molecule has 0 aliphatic rings. The number of hydrogen-bond acceptors (Lipinski definition) is 3. The minimum absolute atomic E-state index is 0.603. The summed E-state index contributed by atoms with van der Waals surface area (Å²) in [6.07, 6.45) is 1.77. The van der Waals surface area contributed by atoms with Gasteiger partial charge in [0.25, 0.3) is 0 Å². The Bertz CT molecular complexity index is 274. The number of pyridine rings is 1. The van der Waals surface area contributed by atoms with E-state index in [4.69, 9.17) is 4.74 Å². The van der Waals surface area contributed by atoms with Crippen LogP contribution >= 0.6 is 0 Å². The molecule has 0 aliphatic heterocycles. The summed E-state index contributed by atoms with van der Waals surface area (Å²) in [5, 5.41) is 3.26. The number of aromatic nitrogens is 1. The molecular formula is C11H18N2O. The Morgan fingerprint density at radius 1 is 1.50 bits per heavy atom. The second kappa shape index (κ2) is 5.47. The molecule has 1 N–H and O–H groups in total. The Morgan fingerprint density at radius 2 is 2.29 bits per heavy atom. The van der Waals surface area contributed by atoms with Crippen molar-refractivity contribution in [3.8, 4) is 5.75 Å². The van der Waals surface area contributed by atoms with Gasteiger partial charge in [-0.15, -0.1) is 0 Å². The van der Waals surface area contributed by atoms with E-state index >= 15 is 0 Å². The maximum atomic E-state index is 5.44. The van der Waals surface area contributed by atoms with Crippen LogP contribution in [0.3, 0.4) is 0 Å². The predicted molar refractivity (Wildman–Crippen MR) is 58.7 cm³/mol. The van der Waals surface area contributed by atoms with E-state index in [2.05, 4.69) is 24.1 Å². The zero-order valence-corrected chi connectivity index (χ0v) is 9.08. The lowest BCUT2D eigenvalue weighted by Gasteiger charge is -2.12. The minimum atomic E-state index is 0.603. The third-order valence-electron chi connectivity index (χ3n) is 1.75. The average Bonchev–Trinajstić information content (AvgIpc) is 2.17. The first-order chi connectivity index (χ1) is 6.74. The van der Waals surface area contributed by atoms with Crippen molar-refractivity contribution >= 4 is 5.82 Å². The molecule has 78 valence electrons. The maximum absolute atomic E-state index is 5.44. The molecule has 0 fully saturated rings. The minimum Gasteiger partial charge on any atom is -0.490 e. The van der Waals surface area contributed by atoms with Crippen LogP contribution in [0.4, 0.5) is 5.82 Å². The van der Waals surface area contributed by atoms with Crippen molar-refractivity contribution in [2.75, 3.05) is 18.5 Å². The largest absolute Gasteiger partial charge is 0.490 e. The molecule has 0 spiro atoms. The summed E-state index contributed by atoms with van der Waals surface area (Å²) >= 11 is 0. The highest BCUT2D eigenvalue weighted by Crippen LogP contribution is 2.20. The van der Waals surface area contributed by atoms with Crippen molar-refractivity contribution in [1.82, 2.24) is 4.98 Å². The molecular weight excluding hydrogens is 176 g/mol. The van der Waals surface area contributed by atoms with E-state index in [1.807, 2.05) is 19.1 Å². The van der Waals surface area contributed by atoms with Crippen LogP contribution in [-0.4, -0.2) is 18.1 Å². The molecule has 1 aromatic rings. The standard InChI is InChI=1S/C11H18N2O/c1-4-14-10-6-5-7-12-11(10)13-8-9(2)3/h5-7,9H,4,8H2,1-3H3,(H,12,13). The summed E-state index contributed by atoms with van der Waals surface area (Å²) < 4.78 is 5.44. The van der Waals surface area contributed by atoms with E-state index in [1.165, 1.54) is 0 Å². The van der Waals surface area contributed by atoms with Gasteiger partial charge in [-0.05, 0) is 25.0 Å². The second-order valence-corrected chi connectivity index (χ2v) is 3.56. The maximum Gasteiger partial charge on any atom is 0.168 e. The lowest BCUT2D eigenvalue weighted by atomic mass is 10.2. The van der Waals surface area contributed by atoms with Crippen LogP contribution in [0.2, 0.25) is 0 Å². The number of rotatable bonds is 5. The Hall–Kier alpha value is -1.25. The zero-order valence-electron chi connectivity index (χ0n) is 9.08. The lowest BCUT2D eigenvalue weighted by Crippen LogP contribution is -2.10. The summed E-state index contributed by atoms with van der Waals surface area (Å²) in [4.78, 5) is 4.23. The molecule has 1 rings (SSSR count). The highest BCUT2D eigenvalue weighted by Gasteiger charge is 2.03. The molecule has 0 atom stereocenters. The van der Waals surface area contributed by atoms with Gasteiger partial charge in [-0.2, -0.15) is 0 Å². The molecule has 1 heterocycles. The molecule has 0 bridgehead atoms. The van der Waals surface area contributed by atoms with E-state index in [1.54, 1.807) is 6.20 Å². The van der Waals surface area contributed by atoms with Gasteiger partial charge in [0.15, 0.2) is 11.6 Å². The first-order valence-electron chi connectivity index (χ1n) is 5.05. The van der Waals surface area contributed by atoms with Crippen molar-refractivity contribution in [1.29, 1.82) is 0 Å². The van der Waals surface area contributed by atoms with Crippen molar-refractivity contribution in [3.63, 3.8) is 0 Å². The van der Waals surface area contributed by atoms with Crippen LogP contribution in [-0.2, 0) is 0 Å². The molecule has 1 aromatic heterocycles. The molecule has 0 unspecified atom stereocenters. The SMILES string of the molecule is CCOc1cccnc1NCC(C)C. The fourth-order valence-electron chi connectivity index (χ4n) is 1.10. The molecule has 0 aliphatic carbocycles. The van der Waals surface area contributed by atoms with E-state index in [0.717, 1.165) is 18.1 Å². The number of nitrogens with one attached hydrogen (secondary N) is 1. The molecule has 0 saturated carbocycles. The molecule has 3 nitrogen and oxygen atoms in total. The summed E-state index contributed by atoms with van der Waals surface area (Å²) in [5.41, 5.74) is 0. The smallest absolute Gasteiger partial charge is 0.168 e. The van der Waals surface area contributed by atoms with E-state index in [9.17, 15) is 0 Å². The van der Waals surface area contributed by atoms with E-state index < -0.39 is 0 Å². The molecule has 3 heteroatoms. The third kappa shape index (κ3) is 3.24. The molecule has 0 saturated heterocycles. The van der Waals surface area contributed by atoms with Gasteiger partial charge in [-0.3, -0.25) is 0 Å². The summed E-state index contributed by atoms with van der Waals surface area (Å²) in [7, 11) is 0. The van der Waals surface area contributed by atoms with Gasteiger partial charge in [0, 0.05) is 12.7 Å². The van der Waals surface area contributed by atoms with Crippen LogP contribution in [0.5, 0.6) is 5.75 Å². The second-order valence-electron chi connectivity index (χ2n) is 3.56. The quantitative estimate of drug-likeness (QED) is 0.782. The Kier molecular flexibility index (Phi) is 4.23. The van der Waals surface area contributed by atoms with E-state index in [0.29, 0.717) is 12.5 Å². The number of hydrogen-bond donors (Lipinski definition) is 1. The van der Waals surface area contributed by atoms with Gasteiger partial charge < -0.3 is 10.1 Å². The van der Waals surface area contributed by atoms with Crippen molar-refractivity contribution in [2.45, 2.75) is 20.8 Å².